The maximum absolute atomic E-state index is 13.3. The van der Waals surface area contributed by atoms with Gasteiger partial charge in [0.2, 0.25) is 5.78 Å². The van der Waals surface area contributed by atoms with Crippen LogP contribution in [0.15, 0.2) is 34.3 Å². The zero-order chi connectivity index (χ0) is 14.1. The van der Waals surface area contributed by atoms with Gasteiger partial charge in [-0.3, -0.25) is 4.79 Å². The number of aryl methyl sites for hydroxylation is 1. The number of hydrogen-bond donors (Lipinski definition) is 0. The fourth-order valence-electron chi connectivity index (χ4n) is 2.78. The first-order valence-electron chi connectivity index (χ1n) is 7.09. The number of ketones is 1. The lowest BCUT2D eigenvalue weighted by atomic mass is 10.0. The average Bonchev–Trinajstić information content (AvgIpc) is 2.66. The molecular weight excluding hydrogens is 255 g/mol. The molecule has 2 nitrogen and oxygen atoms in total. The van der Waals surface area contributed by atoms with Gasteiger partial charge >= 0.3 is 0 Å². The summed E-state index contributed by atoms with van der Waals surface area (Å²) in [6.07, 6.45) is 7.14. The minimum absolute atomic E-state index is 0.0407. The maximum atomic E-state index is 13.3. The van der Waals surface area contributed by atoms with Gasteiger partial charge in [0.25, 0.3) is 0 Å². The Labute approximate surface area is 117 Å². The van der Waals surface area contributed by atoms with Gasteiger partial charge in [0.1, 0.15) is 11.4 Å². The summed E-state index contributed by atoms with van der Waals surface area (Å²) >= 11 is 0. The molecule has 1 heterocycles. The second-order valence-electron chi connectivity index (χ2n) is 5.35. The molecule has 1 aromatic carbocycles. The van der Waals surface area contributed by atoms with Crippen LogP contribution in [0, 0.1) is 12.7 Å². The molecule has 0 radical (unpaired) electrons. The molecule has 0 bridgehead atoms. The van der Waals surface area contributed by atoms with Crippen LogP contribution < -0.4 is 0 Å². The number of halogens is 1. The van der Waals surface area contributed by atoms with Crippen molar-refractivity contribution < 1.29 is 13.6 Å². The lowest BCUT2D eigenvalue weighted by Crippen LogP contribution is -2.03. The molecular formula is C17H17FO2. The Kier molecular flexibility index (Phi) is 3.43. The highest BCUT2D eigenvalue weighted by atomic mass is 19.1. The van der Waals surface area contributed by atoms with E-state index >= 15 is 0 Å². The first kappa shape index (κ1) is 13.1. The van der Waals surface area contributed by atoms with Crippen LogP contribution in [0.4, 0.5) is 4.39 Å². The number of allylic oxidation sites excluding steroid dienone is 2. The second kappa shape index (κ2) is 5.23. The number of furan rings is 1. The fraction of sp³-hybridized carbons (Fsp3) is 0.353. The van der Waals surface area contributed by atoms with Crippen molar-refractivity contribution in [2.24, 2.45) is 0 Å². The Morgan fingerprint density at radius 1 is 1.25 bits per heavy atom. The first-order chi connectivity index (χ1) is 9.66. The summed E-state index contributed by atoms with van der Waals surface area (Å²) in [4.78, 5) is 12.6. The third kappa shape index (κ3) is 2.28. The smallest absolute Gasteiger partial charge is 0.224 e. The summed E-state index contributed by atoms with van der Waals surface area (Å²) in [7, 11) is 0. The van der Waals surface area contributed by atoms with E-state index in [1.165, 1.54) is 12.1 Å². The molecule has 1 aromatic heterocycles. The van der Waals surface area contributed by atoms with Gasteiger partial charge in [-0.1, -0.05) is 12.5 Å². The first-order valence-corrected chi connectivity index (χ1v) is 7.09. The van der Waals surface area contributed by atoms with Crippen molar-refractivity contribution in [2.75, 3.05) is 0 Å². The topological polar surface area (TPSA) is 30.2 Å². The SMILES string of the molecule is Cc1c(C(=O)C2=CCCCCC2)oc2ccc(F)cc12. The fourth-order valence-corrected chi connectivity index (χ4v) is 2.78. The molecule has 0 fully saturated rings. The van der Waals surface area contributed by atoms with E-state index in [0.29, 0.717) is 16.7 Å². The summed E-state index contributed by atoms with van der Waals surface area (Å²) in [6, 6.07) is 4.35. The van der Waals surface area contributed by atoms with Crippen molar-refractivity contribution in [1.29, 1.82) is 0 Å². The van der Waals surface area contributed by atoms with Gasteiger partial charge in [-0.15, -0.1) is 0 Å². The minimum Gasteiger partial charge on any atom is -0.452 e. The highest BCUT2D eigenvalue weighted by Gasteiger charge is 2.21. The minimum atomic E-state index is -0.311. The van der Waals surface area contributed by atoms with Crippen molar-refractivity contribution in [3.63, 3.8) is 0 Å². The molecule has 2 aromatic rings. The maximum Gasteiger partial charge on any atom is 0.224 e. The standard InChI is InChI=1S/C17H17FO2/c1-11-14-10-13(18)8-9-15(14)20-17(11)16(19)12-6-4-2-3-5-7-12/h6,8-10H,2-5,7H2,1H3. The Balaban J connectivity index is 2.03. The Morgan fingerprint density at radius 3 is 2.95 bits per heavy atom. The third-order valence-corrected chi connectivity index (χ3v) is 3.94. The molecule has 0 saturated carbocycles. The molecule has 0 aliphatic heterocycles. The van der Waals surface area contributed by atoms with Crippen molar-refractivity contribution in [1.82, 2.24) is 0 Å². The zero-order valence-corrected chi connectivity index (χ0v) is 11.5. The van der Waals surface area contributed by atoms with Crippen LogP contribution in [0.25, 0.3) is 11.0 Å². The van der Waals surface area contributed by atoms with Gasteiger partial charge in [-0.05, 0) is 56.4 Å². The highest BCUT2D eigenvalue weighted by molar-refractivity contribution is 6.10. The number of rotatable bonds is 2. The summed E-state index contributed by atoms with van der Waals surface area (Å²) in [5.74, 6) is 0.00818. The number of benzene rings is 1. The van der Waals surface area contributed by atoms with E-state index in [9.17, 15) is 9.18 Å². The largest absolute Gasteiger partial charge is 0.452 e. The van der Waals surface area contributed by atoms with E-state index in [1.807, 2.05) is 13.0 Å². The average molecular weight is 272 g/mol. The number of carbonyl (C=O) groups is 1. The van der Waals surface area contributed by atoms with Crippen LogP contribution in [-0.4, -0.2) is 5.78 Å². The normalized spacial score (nSPS) is 16.0. The van der Waals surface area contributed by atoms with Gasteiger partial charge < -0.3 is 4.42 Å². The molecule has 3 rings (SSSR count). The molecule has 1 aliphatic carbocycles. The van der Waals surface area contributed by atoms with E-state index in [1.54, 1.807) is 6.07 Å². The lowest BCUT2D eigenvalue weighted by Gasteiger charge is -2.02. The zero-order valence-electron chi connectivity index (χ0n) is 11.5. The quantitative estimate of drug-likeness (QED) is 0.724. The van der Waals surface area contributed by atoms with Crippen LogP contribution >= 0.6 is 0 Å². The number of fused-ring (bicyclic) bond motifs is 1. The van der Waals surface area contributed by atoms with E-state index in [0.717, 1.165) is 43.2 Å². The summed E-state index contributed by atoms with van der Waals surface area (Å²) in [5.41, 5.74) is 2.14. The predicted molar refractivity (Wildman–Crippen MR) is 76.4 cm³/mol. The van der Waals surface area contributed by atoms with Crippen molar-refractivity contribution in [2.45, 2.75) is 39.0 Å². The Morgan fingerprint density at radius 2 is 2.10 bits per heavy atom. The monoisotopic (exact) mass is 272 g/mol. The van der Waals surface area contributed by atoms with E-state index in [2.05, 4.69) is 0 Å². The Bertz CT molecular complexity index is 694. The molecule has 3 heteroatoms. The highest BCUT2D eigenvalue weighted by Crippen LogP contribution is 2.29. The second-order valence-corrected chi connectivity index (χ2v) is 5.35. The van der Waals surface area contributed by atoms with Crippen molar-refractivity contribution >= 4 is 16.8 Å². The Hall–Kier alpha value is -1.90. The van der Waals surface area contributed by atoms with Crippen LogP contribution in [0.1, 0.15) is 48.2 Å². The van der Waals surface area contributed by atoms with Crippen molar-refractivity contribution in [3.05, 3.63) is 47.0 Å². The molecule has 20 heavy (non-hydrogen) atoms. The number of Topliss-reactive ketones (excluding diaryl/α,β-unsaturated/α-hetero) is 1. The van der Waals surface area contributed by atoms with Crippen LogP contribution in [0.5, 0.6) is 0 Å². The van der Waals surface area contributed by atoms with Gasteiger partial charge in [-0.25, -0.2) is 4.39 Å². The van der Waals surface area contributed by atoms with Gasteiger partial charge in [0, 0.05) is 10.9 Å². The van der Waals surface area contributed by atoms with Gasteiger partial charge in [0.05, 0.1) is 0 Å². The van der Waals surface area contributed by atoms with Crippen LogP contribution in [0.2, 0.25) is 0 Å². The molecule has 0 spiro atoms. The molecule has 0 saturated heterocycles. The van der Waals surface area contributed by atoms with Gasteiger partial charge in [-0.2, -0.15) is 0 Å². The summed E-state index contributed by atoms with van der Waals surface area (Å²) < 4.78 is 18.9. The van der Waals surface area contributed by atoms with E-state index in [-0.39, 0.29) is 11.6 Å². The predicted octanol–water partition coefficient (Wildman–Crippen LogP) is 4.95. The molecule has 0 amide bonds. The number of hydrogen-bond acceptors (Lipinski definition) is 2. The number of carbonyl (C=O) groups excluding carboxylic acids is 1. The summed E-state index contributed by atoms with van der Waals surface area (Å²) in [6.45, 7) is 1.82. The summed E-state index contributed by atoms with van der Waals surface area (Å²) in [5, 5.41) is 0.683. The lowest BCUT2D eigenvalue weighted by molar-refractivity contribution is 0.100. The molecule has 104 valence electrons. The molecule has 0 N–H and O–H groups in total. The van der Waals surface area contributed by atoms with Gasteiger partial charge in [0.15, 0.2) is 5.76 Å². The van der Waals surface area contributed by atoms with Crippen molar-refractivity contribution in [3.8, 4) is 0 Å². The molecule has 0 unspecified atom stereocenters. The third-order valence-electron chi connectivity index (χ3n) is 3.94. The molecule has 0 atom stereocenters. The van der Waals surface area contributed by atoms with E-state index in [4.69, 9.17) is 4.42 Å². The van der Waals surface area contributed by atoms with E-state index < -0.39 is 0 Å². The van der Waals surface area contributed by atoms with Crippen LogP contribution in [0.3, 0.4) is 0 Å². The molecule has 1 aliphatic rings. The van der Waals surface area contributed by atoms with Crippen LogP contribution in [-0.2, 0) is 0 Å².